The molecule has 0 radical (unpaired) electrons. The minimum atomic E-state index is -4.18. The Bertz CT molecular complexity index is 1330. The standard InChI is InChI=1S/C25H24ClF2NO5S/c1-15-17(13-30)10-16-6-7-18(34-14-20-21(26)4-3-5-22(20)27)11-24(16)29(15)35(31,32)19-8-9-23(28)25(12-19)33-2/h3-9,11-12,15,17,30H,10,13-14H2,1-2H3/t15-,17+/m1/s1. The van der Waals surface area contributed by atoms with Gasteiger partial charge in [0.15, 0.2) is 11.6 Å². The molecule has 1 N–H and O–H groups in total. The number of aliphatic hydroxyl groups excluding tert-OH is 1. The maximum atomic E-state index is 14.1. The summed E-state index contributed by atoms with van der Waals surface area (Å²) in [6, 6.07) is 12.0. The molecule has 6 nitrogen and oxygen atoms in total. The van der Waals surface area contributed by atoms with Gasteiger partial charge in [-0.05, 0) is 49.2 Å². The third-order valence-electron chi connectivity index (χ3n) is 6.19. The molecule has 4 rings (SSSR count). The van der Waals surface area contributed by atoms with Crippen LogP contribution in [0.15, 0.2) is 59.5 Å². The fourth-order valence-electron chi connectivity index (χ4n) is 4.18. The van der Waals surface area contributed by atoms with Gasteiger partial charge in [0, 0.05) is 36.3 Å². The summed E-state index contributed by atoms with van der Waals surface area (Å²) in [5, 5.41) is 10.1. The minimum Gasteiger partial charge on any atom is -0.494 e. The number of aliphatic hydroxyl groups is 1. The Kier molecular flexibility index (Phi) is 7.21. The second-order valence-electron chi connectivity index (χ2n) is 8.26. The molecule has 1 aliphatic heterocycles. The molecular formula is C25H24ClF2NO5S. The van der Waals surface area contributed by atoms with Gasteiger partial charge in [-0.3, -0.25) is 4.31 Å². The quantitative estimate of drug-likeness (QED) is 0.474. The number of hydrogen-bond donors (Lipinski definition) is 1. The van der Waals surface area contributed by atoms with E-state index in [0.717, 1.165) is 12.1 Å². The van der Waals surface area contributed by atoms with E-state index in [0.29, 0.717) is 23.4 Å². The maximum Gasteiger partial charge on any atom is 0.264 e. The number of hydrogen-bond acceptors (Lipinski definition) is 5. The molecule has 3 aromatic rings. The van der Waals surface area contributed by atoms with E-state index in [2.05, 4.69) is 0 Å². The molecule has 3 aromatic carbocycles. The summed E-state index contributed by atoms with van der Waals surface area (Å²) in [5.41, 5.74) is 1.24. The predicted octanol–water partition coefficient (Wildman–Crippen LogP) is 4.95. The zero-order chi connectivity index (χ0) is 25.3. The van der Waals surface area contributed by atoms with Crippen molar-refractivity contribution in [3.63, 3.8) is 0 Å². The molecule has 0 spiro atoms. The van der Waals surface area contributed by atoms with Crippen LogP contribution in [-0.2, 0) is 23.1 Å². The molecule has 10 heteroatoms. The number of methoxy groups -OCH3 is 1. The molecule has 1 heterocycles. The van der Waals surface area contributed by atoms with Crippen LogP contribution < -0.4 is 13.8 Å². The lowest BCUT2D eigenvalue weighted by atomic mass is 9.88. The Morgan fingerprint density at radius 2 is 1.89 bits per heavy atom. The first-order chi connectivity index (χ1) is 16.7. The Hall–Kier alpha value is -2.88. The van der Waals surface area contributed by atoms with E-state index in [9.17, 15) is 22.3 Å². The average Bonchev–Trinajstić information content (AvgIpc) is 2.83. The molecule has 0 bridgehead atoms. The van der Waals surface area contributed by atoms with Crippen molar-refractivity contribution in [1.82, 2.24) is 0 Å². The molecule has 2 atom stereocenters. The topological polar surface area (TPSA) is 76.1 Å². The fraction of sp³-hybridized carbons (Fsp3) is 0.280. The van der Waals surface area contributed by atoms with E-state index < -0.39 is 27.7 Å². The van der Waals surface area contributed by atoms with Crippen LogP contribution in [0.2, 0.25) is 5.02 Å². The number of fused-ring (bicyclic) bond motifs is 1. The van der Waals surface area contributed by atoms with Crippen LogP contribution in [0.4, 0.5) is 14.5 Å². The largest absolute Gasteiger partial charge is 0.494 e. The minimum absolute atomic E-state index is 0.152. The van der Waals surface area contributed by atoms with Crippen LogP contribution in [0.3, 0.4) is 0 Å². The second-order valence-corrected chi connectivity index (χ2v) is 10.5. The van der Waals surface area contributed by atoms with Gasteiger partial charge in [-0.25, -0.2) is 17.2 Å². The number of benzene rings is 3. The van der Waals surface area contributed by atoms with Gasteiger partial charge in [0.25, 0.3) is 10.0 Å². The van der Waals surface area contributed by atoms with Crippen molar-refractivity contribution in [3.8, 4) is 11.5 Å². The normalized spacial score (nSPS) is 17.7. The van der Waals surface area contributed by atoms with E-state index in [-0.39, 0.29) is 40.4 Å². The molecule has 186 valence electrons. The Labute approximate surface area is 207 Å². The van der Waals surface area contributed by atoms with Crippen molar-refractivity contribution in [2.45, 2.75) is 30.9 Å². The predicted molar refractivity (Wildman–Crippen MR) is 129 cm³/mol. The smallest absolute Gasteiger partial charge is 0.264 e. The highest BCUT2D eigenvalue weighted by Gasteiger charge is 2.39. The number of anilines is 1. The highest BCUT2D eigenvalue weighted by atomic mass is 35.5. The molecule has 1 aliphatic rings. The first-order valence-electron chi connectivity index (χ1n) is 10.8. The summed E-state index contributed by atoms with van der Waals surface area (Å²) in [6.07, 6.45) is 0.450. The molecular weight excluding hydrogens is 500 g/mol. The van der Waals surface area contributed by atoms with Crippen molar-refractivity contribution >= 4 is 27.3 Å². The first kappa shape index (κ1) is 25.2. The number of ether oxygens (including phenoxy) is 2. The molecule has 0 saturated heterocycles. The summed E-state index contributed by atoms with van der Waals surface area (Å²) >= 11 is 6.08. The second kappa shape index (κ2) is 10.0. The van der Waals surface area contributed by atoms with E-state index in [1.54, 1.807) is 31.2 Å². The van der Waals surface area contributed by atoms with E-state index in [4.69, 9.17) is 21.1 Å². The van der Waals surface area contributed by atoms with Crippen LogP contribution in [0.25, 0.3) is 0 Å². The molecule has 0 aromatic heterocycles. The summed E-state index contributed by atoms with van der Waals surface area (Å²) in [5.74, 6) is -1.44. The zero-order valence-corrected chi connectivity index (χ0v) is 20.6. The molecule has 0 aliphatic carbocycles. The van der Waals surface area contributed by atoms with Crippen LogP contribution in [0.1, 0.15) is 18.1 Å². The van der Waals surface area contributed by atoms with E-state index in [1.807, 2.05) is 0 Å². The number of nitrogens with zero attached hydrogens (tertiary/aromatic N) is 1. The van der Waals surface area contributed by atoms with Gasteiger partial charge in [0.05, 0.1) is 22.7 Å². The van der Waals surface area contributed by atoms with Crippen molar-refractivity contribution < 1.29 is 31.8 Å². The lowest BCUT2D eigenvalue weighted by Gasteiger charge is -2.40. The summed E-state index contributed by atoms with van der Waals surface area (Å²) in [7, 11) is -2.92. The van der Waals surface area contributed by atoms with Gasteiger partial charge in [0.2, 0.25) is 0 Å². The average molecular weight is 524 g/mol. The molecule has 0 fully saturated rings. The molecule has 0 amide bonds. The Balaban J connectivity index is 1.74. The fourth-order valence-corrected chi connectivity index (χ4v) is 6.16. The van der Waals surface area contributed by atoms with Gasteiger partial charge in [-0.1, -0.05) is 23.7 Å². The molecule has 0 unspecified atom stereocenters. The van der Waals surface area contributed by atoms with E-state index >= 15 is 0 Å². The first-order valence-corrected chi connectivity index (χ1v) is 12.7. The lowest BCUT2D eigenvalue weighted by molar-refractivity contribution is 0.205. The number of rotatable bonds is 7. The summed E-state index contributed by atoms with van der Waals surface area (Å²) < 4.78 is 67.5. The molecule has 35 heavy (non-hydrogen) atoms. The monoisotopic (exact) mass is 523 g/mol. The van der Waals surface area contributed by atoms with Gasteiger partial charge in [-0.15, -0.1) is 0 Å². The number of halogens is 3. The van der Waals surface area contributed by atoms with Crippen molar-refractivity contribution in [1.29, 1.82) is 0 Å². The summed E-state index contributed by atoms with van der Waals surface area (Å²) in [6.45, 7) is 1.33. The SMILES string of the molecule is COc1cc(S(=O)(=O)N2c3cc(OCc4c(F)cccc4Cl)ccc3C[C@@H](CO)[C@H]2C)ccc1F. The van der Waals surface area contributed by atoms with E-state index in [1.165, 1.54) is 29.6 Å². The molecule has 0 saturated carbocycles. The van der Waals surface area contributed by atoms with Crippen LogP contribution in [0.5, 0.6) is 11.5 Å². The van der Waals surface area contributed by atoms with Crippen molar-refractivity contribution in [3.05, 3.63) is 82.4 Å². The van der Waals surface area contributed by atoms with Crippen LogP contribution in [-0.4, -0.2) is 33.3 Å². The van der Waals surface area contributed by atoms with Crippen molar-refractivity contribution in [2.24, 2.45) is 5.92 Å². The lowest BCUT2D eigenvalue weighted by Crippen LogP contribution is -2.48. The Morgan fingerprint density at radius 3 is 2.57 bits per heavy atom. The van der Waals surface area contributed by atoms with Gasteiger partial charge >= 0.3 is 0 Å². The van der Waals surface area contributed by atoms with Crippen LogP contribution in [0, 0.1) is 17.6 Å². The highest BCUT2D eigenvalue weighted by Crippen LogP contribution is 2.40. The third-order valence-corrected chi connectivity index (χ3v) is 8.44. The maximum absolute atomic E-state index is 14.1. The van der Waals surface area contributed by atoms with Gasteiger partial charge < -0.3 is 14.6 Å². The highest BCUT2D eigenvalue weighted by molar-refractivity contribution is 7.92. The van der Waals surface area contributed by atoms with Gasteiger partial charge in [0.1, 0.15) is 18.2 Å². The zero-order valence-electron chi connectivity index (χ0n) is 19.0. The summed E-state index contributed by atoms with van der Waals surface area (Å²) in [4.78, 5) is -0.156. The van der Waals surface area contributed by atoms with Crippen molar-refractivity contribution in [2.75, 3.05) is 18.0 Å². The Morgan fingerprint density at radius 1 is 1.11 bits per heavy atom. The van der Waals surface area contributed by atoms with Gasteiger partial charge in [-0.2, -0.15) is 0 Å². The third kappa shape index (κ3) is 4.80. The number of sulfonamides is 1. The van der Waals surface area contributed by atoms with Crippen LogP contribution >= 0.6 is 11.6 Å².